The van der Waals surface area contributed by atoms with Gasteiger partial charge in [-0.05, 0) is 44.4 Å². The summed E-state index contributed by atoms with van der Waals surface area (Å²) in [7, 11) is 0. The Kier molecular flexibility index (Phi) is 6.09. The van der Waals surface area contributed by atoms with E-state index in [0.29, 0.717) is 6.54 Å². The monoisotopic (exact) mass is 323 g/mol. The molecule has 1 aliphatic rings. The molecule has 2 rings (SSSR count). The topological polar surface area (TPSA) is 56.7 Å². The Hall–Kier alpha value is -1.26. The molecule has 1 aliphatic carbocycles. The van der Waals surface area contributed by atoms with E-state index in [0.717, 1.165) is 48.8 Å². The molecule has 0 radical (unpaired) electrons. The number of benzene rings is 1. The number of aliphatic imine (C=N–C) groups is 1. The van der Waals surface area contributed by atoms with E-state index in [2.05, 4.69) is 22.5 Å². The molecular weight excluding hydrogens is 298 g/mol. The maximum Gasteiger partial charge on any atom is 0.191 e. The first-order valence-corrected chi connectivity index (χ1v) is 8.43. The van der Waals surface area contributed by atoms with Crippen molar-refractivity contribution in [3.8, 4) is 0 Å². The molecule has 0 amide bonds. The fraction of sp³-hybridized carbons (Fsp3) is 0.588. The van der Waals surface area contributed by atoms with E-state index in [1.54, 1.807) is 0 Å². The zero-order valence-electron chi connectivity index (χ0n) is 13.4. The van der Waals surface area contributed by atoms with Gasteiger partial charge in [-0.25, -0.2) is 0 Å². The van der Waals surface area contributed by atoms with Crippen molar-refractivity contribution in [3.05, 3.63) is 34.9 Å². The van der Waals surface area contributed by atoms with Gasteiger partial charge in [0, 0.05) is 11.6 Å². The van der Waals surface area contributed by atoms with Crippen LogP contribution in [0.2, 0.25) is 5.02 Å². The molecule has 0 aliphatic heterocycles. The molecule has 1 fully saturated rings. The van der Waals surface area contributed by atoms with E-state index in [1.807, 2.05) is 31.2 Å². The van der Waals surface area contributed by atoms with Crippen molar-refractivity contribution < 1.29 is 5.11 Å². The Morgan fingerprint density at radius 3 is 2.55 bits per heavy atom. The summed E-state index contributed by atoms with van der Waals surface area (Å²) in [5.74, 6) is 0.741. The molecule has 1 atom stereocenters. The molecule has 0 bridgehead atoms. The van der Waals surface area contributed by atoms with E-state index in [9.17, 15) is 5.11 Å². The zero-order chi connectivity index (χ0) is 16.0. The lowest BCUT2D eigenvalue weighted by atomic mass is 10.0. The number of nitrogens with one attached hydrogen (secondary N) is 2. The highest BCUT2D eigenvalue weighted by Gasteiger charge is 2.30. The van der Waals surface area contributed by atoms with Crippen molar-refractivity contribution in [2.24, 2.45) is 4.99 Å². The van der Waals surface area contributed by atoms with Crippen LogP contribution in [0, 0.1) is 0 Å². The summed E-state index contributed by atoms with van der Waals surface area (Å²) < 4.78 is 0. The van der Waals surface area contributed by atoms with Gasteiger partial charge in [0.1, 0.15) is 0 Å². The maximum atomic E-state index is 10.4. The van der Waals surface area contributed by atoms with Crippen LogP contribution in [0.3, 0.4) is 0 Å². The summed E-state index contributed by atoms with van der Waals surface area (Å²) in [6, 6.07) is 7.91. The third kappa shape index (κ3) is 4.89. The van der Waals surface area contributed by atoms with Crippen LogP contribution in [-0.2, 0) is 0 Å². The largest absolute Gasteiger partial charge is 0.388 e. The van der Waals surface area contributed by atoms with Crippen molar-refractivity contribution in [2.75, 3.05) is 13.1 Å². The normalized spacial score (nSPS) is 19.0. The Bertz CT molecular complexity index is 495. The van der Waals surface area contributed by atoms with Gasteiger partial charge < -0.3 is 15.7 Å². The minimum absolute atomic E-state index is 0.119. The average Bonchev–Trinajstić information content (AvgIpc) is 2.93. The van der Waals surface area contributed by atoms with Crippen LogP contribution in [0.5, 0.6) is 0 Å². The van der Waals surface area contributed by atoms with Crippen LogP contribution < -0.4 is 10.6 Å². The third-order valence-electron chi connectivity index (χ3n) is 4.13. The molecular formula is C17H26ClN3O. The molecule has 1 aromatic rings. The smallest absolute Gasteiger partial charge is 0.191 e. The van der Waals surface area contributed by atoms with Gasteiger partial charge in [0.25, 0.3) is 0 Å². The lowest BCUT2D eigenvalue weighted by molar-refractivity contribution is 0.0574. The predicted molar refractivity (Wildman–Crippen MR) is 92.4 cm³/mol. The van der Waals surface area contributed by atoms with Crippen LogP contribution in [0.15, 0.2) is 29.3 Å². The molecule has 1 aromatic carbocycles. The predicted octanol–water partition coefficient (Wildman–Crippen LogP) is 3.26. The van der Waals surface area contributed by atoms with Crippen LogP contribution in [-0.4, -0.2) is 29.8 Å². The number of aliphatic hydroxyl groups is 1. The standard InChI is InChI=1S/C17H26ClN3O/c1-3-19-16(20-12-17(22)10-4-5-11-17)21-13(2)14-6-8-15(18)9-7-14/h6-9,13,22H,3-5,10-12H2,1-2H3,(H2,19,20,21). The second kappa shape index (κ2) is 7.84. The highest BCUT2D eigenvalue weighted by Crippen LogP contribution is 2.29. The van der Waals surface area contributed by atoms with Gasteiger partial charge in [0.15, 0.2) is 5.96 Å². The molecule has 3 N–H and O–H groups in total. The second-order valence-electron chi connectivity index (χ2n) is 6.04. The van der Waals surface area contributed by atoms with Crippen molar-refractivity contribution in [2.45, 2.75) is 51.2 Å². The first-order chi connectivity index (χ1) is 10.5. The second-order valence-corrected chi connectivity index (χ2v) is 6.48. The van der Waals surface area contributed by atoms with E-state index < -0.39 is 5.60 Å². The molecule has 122 valence electrons. The van der Waals surface area contributed by atoms with Gasteiger partial charge >= 0.3 is 0 Å². The van der Waals surface area contributed by atoms with Crippen molar-refractivity contribution in [3.63, 3.8) is 0 Å². The van der Waals surface area contributed by atoms with E-state index in [1.165, 1.54) is 0 Å². The Labute approximate surface area is 138 Å². The average molecular weight is 324 g/mol. The number of hydrogen-bond donors (Lipinski definition) is 3. The van der Waals surface area contributed by atoms with Gasteiger partial charge in [-0.1, -0.05) is 36.6 Å². The fourth-order valence-electron chi connectivity index (χ4n) is 2.78. The van der Waals surface area contributed by atoms with Crippen LogP contribution >= 0.6 is 11.6 Å². The quantitative estimate of drug-likeness (QED) is 0.576. The molecule has 0 aromatic heterocycles. The van der Waals surface area contributed by atoms with Gasteiger partial charge in [-0.3, -0.25) is 4.99 Å². The molecule has 1 saturated carbocycles. The highest BCUT2D eigenvalue weighted by atomic mass is 35.5. The third-order valence-corrected chi connectivity index (χ3v) is 4.39. The first kappa shape index (κ1) is 17.1. The van der Waals surface area contributed by atoms with Crippen LogP contribution in [0.4, 0.5) is 0 Å². The summed E-state index contributed by atoms with van der Waals surface area (Å²) in [5.41, 5.74) is 0.529. The molecule has 5 heteroatoms. The Balaban J connectivity index is 1.99. The summed E-state index contributed by atoms with van der Waals surface area (Å²) in [6.07, 6.45) is 3.89. The summed E-state index contributed by atoms with van der Waals surface area (Å²) >= 11 is 5.93. The van der Waals surface area contributed by atoms with Crippen molar-refractivity contribution in [1.82, 2.24) is 10.6 Å². The fourth-order valence-corrected chi connectivity index (χ4v) is 2.90. The van der Waals surface area contributed by atoms with Crippen LogP contribution in [0.25, 0.3) is 0 Å². The maximum absolute atomic E-state index is 10.4. The number of rotatable bonds is 5. The lowest BCUT2D eigenvalue weighted by Crippen LogP contribution is -2.40. The molecule has 0 spiro atoms. The summed E-state index contributed by atoms with van der Waals surface area (Å²) in [4.78, 5) is 4.57. The van der Waals surface area contributed by atoms with E-state index >= 15 is 0 Å². The summed E-state index contributed by atoms with van der Waals surface area (Å²) in [5, 5.41) is 17.8. The SMILES string of the molecule is CCNC(=NCC1(O)CCCC1)NC(C)c1ccc(Cl)cc1. The summed E-state index contributed by atoms with van der Waals surface area (Å²) in [6.45, 7) is 5.36. The van der Waals surface area contributed by atoms with Gasteiger partial charge in [0.05, 0.1) is 18.2 Å². The number of hydrogen-bond acceptors (Lipinski definition) is 2. The van der Waals surface area contributed by atoms with Gasteiger partial charge in [0.2, 0.25) is 0 Å². The number of halogens is 1. The molecule has 4 nitrogen and oxygen atoms in total. The zero-order valence-corrected chi connectivity index (χ0v) is 14.2. The molecule has 0 heterocycles. The molecule has 22 heavy (non-hydrogen) atoms. The number of nitrogens with zero attached hydrogens (tertiary/aromatic N) is 1. The van der Waals surface area contributed by atoms with E-state index in [-0.39, 0.29) is 6.04 Å². The van der Waals surface area contributed by atoms with Crippen LogP contribution in [0.1, 0.15) is 51.1 Å². The van der Waals surface area contributed by atoms with Gasteiger partial charge in [-0.15, -0.1) is 0 Å². The lowest BCUT2D eigenvalue weighted by Gasteiger charge is -2.22. The molecule has 1 unspecified atom stereocenters. The molecule has 0 saturated heterocycles. The highest BCUT2D eigenvalue weighted by molar-refractivity contribution is 6.30. The van der Waals surface area contributed by atoms with Crippen molar-refractivity contribution in [1.29, 1.82) is 0 Å². The minimum Gasteiger partial charge on any atom is -0.388 e. The Morgan fingerprint density at radius 1 is 1.32 bits per heavy atom. The first-order valence-electron chi connectivity index (χ1n) is 8.05. The Morgan fingerprint density at radius 2 is 1.95 bits per heavy atom. The van der Waals surface area contributed by atoms with Gasteiger partial charge in [-0.2, -0.15) is 0 Å². The minimum atomic E-state index is -0.619. The number of guanidine groups is 1. The van der Waals surface area contributed by atoms with Crippen molar-refractivity contribution >= 4 is 17.6 Å². The van der Waals surface area contributed by atoms with E-state index in [4.69, 9.17) is 11.6 Å².